The number of ether oxygens (including phenoxy) is 2. The maximum atomic E-state index is 13.1. The molecule has 2 aromatic heterocycles. The van der Waals surface area contributed by atoms with Crippen molar-refractivity contribution in [1.82, 2.24) is 28.9 Å². The number of nitrogens with zero attached hydrogens (tertiary/aromatic N) is 5. The van der Waals surface area contributed by atoms with Crippen LogP contribution >= 0.6 is 0 Å². The van der Waals surface area contributed by atoms with Crippen LogP contribution in [0.5, 0.6) is 5.75 Å². The Morgan fingerprint density at radius 1 is 1.18 bits per heavy atom. The Morgan fingerprint density at radius 2 is 1.87 bits per heavy atom. The van der Waals surface area contributed by atoms with Crippen molar-refractivity contribution in [2.24, 2.45) is 14.1 Å². The van der Waals surface area contributed by atoms with Crippen LogP contribution in [0.2, 0.25) is 0 Å². The Hall–Kier alpha value is -3.48. The molecule has 1 spiro atoms. The van der Waals surface area contributed by atoms with Crippen LogP contribution in [0.1, 0.15) is 42.6 Å². The number of imidazole rings is 1. The minimum Gasteiger partial charge on any atom is -0.492 e. The SMILES string of the molecule is CNCCOc1ccc(C(=O)N2CCC3(CC2)C[C@@](C)(O)[C@H](n2cnc4c2c(=O)n(C)c(=O)n4C)CO3)cc1. The first-order chi connectivity index (χ1) is 18.6. The molecule has 39 heavy (non-hydrogen) atoms. The largest absolute Gasteiger partial charge is 0.492 e. The van der Waals surface area contributed by atoms with Crippen molar-refractivity contribution in [3.63, 3.8) is 0 Å². The van der Waals surface area contributed by atoms with Crippen molar-refractivity contribution in [2.75, 3.05) is 39.9 Å². The van der Waals surface area contributed by atoms with Gasteiger partial charge in [0.05, 0.1) is 30.2 Å². The molecular weight excluding hydrogens is 504 g/mol. The van der Waals surface area contributed by atoms with Crippen LogP contribution in [0.3, 0.4) is 0 Å². The molecule has 1 aromatic carbocycles. The lowest BCUT2D eigenvalue weighted by molar-refractivity contribution is -0.194. The van der Waals surface area contributed by atoms with Gasteiger partial charge >= 0.3 is 5.69 Å². The number of aliphatic hydroxyl groups is 1. The third kappa shape index (κ3) is 4.88. The number of nitrogens with one attached hydrogen (secondary N) is 1. The van der Waals surface area contributed by atoms with E-state index in [9.17, 15) is 19.5 Å². The fourth-order valence-corrected chi connectivity index (χ4v) is 5.82. The summed E-state index contributed by atoms with van der Waals surface area (Å²) in [5.74, 6) is 0.677. The summed E-state index contributed by atoms with van der Waals surface area (Å²) in [7, 11) is 4.85. The van der Waals surface area contributed by atoms with Crippen LogP contribution < -0.4 is 21.3 Å². The highest BCUT2D eigenvalue weighted by Crippen LogP contribution is 2.44. The van der Waals surface area contributed by atoms with Crippen LogP contribution in [-0.2, 0) is 18.8 Å². The monoisotopic (exact) mass is 540 g/mol. The number of likely N-dealkylation sites (tertiary alicyclic amines) is 1. The van der Waals surface area contributed by atoms with Gasteiger partial charge in [-0.15, -0.1) is 0 Å². The molecule has 2 atom stereocenters. The molecule has 1 amide bonds. The number of fused-ring (bicyclic) bond motifs is 1. The van der Waals surface area contributed by atoms with E-state index in [0.29, 0.717) is 44.5 Å². The number of aromatic nitrogens is 4. The van der Waals surface area contributed by atoms with Crippen molar-refractivity contribution >= 4 is 17.1 Å². The molecule has 0 aliphatic carbocycles. The van der Waals surface area contributed by atoms with Gasteiger partial charge in [-0.1, -0.05) is 0 Å². The Bertz CT molecular complexity index is 1480. The van der Waals surface area contributed by atoms with E-state index < -0.39 is 28.5 Å². The van der Waals surface area contributed by atoms with Gasteiger partial charge in [-0.2, -0.15) is 0 Å². The van der Waals surface area contributed by atoms with Crippen LogP contribution in [-0.4, -0.2) is 85.7 Å². The molecule has 210 valence electrons. The lowest BCUT2D eigenvalue weighted by Gasteiger charge is -2.51. The summed E-state index contributed by atoms with van der Waals surface area (Å²) in [6.07, 6.45) is 3.02. The summed E-state index contributed by atoms with van der Waals surface area (Å²) in [5, 5.41) is 14.6. The number of hydrogen-bond acceptors (Lipinski definition) is 8. The summed E-state index contributed by atoms with van der Waals surface area (Å²) in [4.78, 5) is 44.5. The van der Waals surface area contributed by atoms with Crippen LogP contribution in [0.4, 0.5) is 0 Å². The molecule has 3 aromatic rings. The lowest BCUT2D eigenvalue weighted by Crippen LogP contribution is -2.58. The normalized spacial score (nSPS) is 22.9. The number of rotatable bonds is 6. The molecule has 2 saturated heterocycles. The Labute approximate surface area is 225 Å². The number of piperidine rings is 1. The molecule has 0 unspecified atom stereocenters. The van der Waals surface area contributed by atoms with E-state index in [2.05, 4.69) is 10.3 Å². The molecule has 2 N–H and O–H groups in total. The van der Waals surface area contributed by atoms with E-state index in [1.165, 1.54) is 17.9 Å². The van der Waals surface area contributed by atoms with Gasteiger partial charge in [-0.25, -0.2) is 9.78 Å². The summed E-state index contributed by atoms with van der Waals surface area (Å²) < 4.78 is 16.0. The van der Waals surface area contributed by atoms with E-state index in [1.54, 1.807) is 42.8 Å². The molecule has 12 nitrogen and oxygen atoms in total. The average Bonchev–Trinajstić information content (AvgIpc) is 3.36. The molecule has 5 rings (SSSR count). The number of carbonyl (C=O) groups excluding carboxylic acids is 1. The van der Waals surface area contributed by atoms with Gasteiger partial charge in [-0.05, 0) is 51.1 Å². The Morgan fingerprint density at radius 3 is 2.51 bits per heavy atom. The molecule has 2 aliphatic heterocycles. The third-order valence-corrected chi connectivity index (χ3v) is 8.14. The molecular formula is C27H36N6O6. The maximum Gasteiger partial charge on any atom is 0.332 e. The fourth-order valence-electron chi connectivity index (χ4n) is 5.82. The zero-order valence-corrected chi connectivity index (χ0v) is 22.8. The number of likely N-dealkylation sites (N-methyl/N-ethyl adjacent to an activating group) is 1. The summed E-state index contributed by atoms with van der Waals surface area (Å²) in [5.41, 5.74) is -1.58. The van der Waals surface area contributed by atoms with Crippen molar-refractivity contribution in [2.45, 2.75) is 43.4 Å². The van der Waals surface area contributed by atoms with Gasteiger partial charge in [0.15, 0.2) is 11.2 Å². The summed E-state index contributed by atoms with van der Waals surface area (Å²) in [6, 6.07) is 6.61. The highest BCUT2D eigenvalue weighted by atomic mass is 16.5. The van der Waals surface area contributed by atoms with Gasteiger partial charge in [0.1, 0.15) is 12.4 Å². The zero-order valence-electron chi connectivity index (χ0n) is 22.8. The van der Waals surface area contributed by atoms with Crippen LogP contribution in [0.25, 0.3) is 11.2 Å². The topological polar surface area (TPSA) is 133 Å². The third-order valence-electron chi connectivity index (χ3n) is 8.14. The first kappa shape index (κ1) is 27.1. The zero-order chi connectivity index (χ0) is 27.9. The highest BCUT2D eigenvalue weighted by Gasteiger charge is 2.50. The highest BCUT2D eigenvalue weighted by molar-refractivity contribution is 5.94. The standard InChI is InChI=1S/C27H36N6O6/c1-26(37)16-27(39-15-20(26)33-17-29-22-21(33)24(35)31(4)25(36)30(22)3)9-12-32(13-10-27)23(34)18-5-7-19(8-6-18)38-14-11-28-2/h5-8,17,20,28,37H,9-16H2,1-4H3/t20-,26-/m1/s1. The molecule has 4 heterocycles. The number of aryl methyl sites for hydroxylation is 1. The predicted octanol–water partition coefficient (Wildman–Crippen LogP) is 0.419. The van der Waals surface area contributed by atoms with Gasteiger partial charge < -0.3 is 29.4 Å². The first-order valence-electron chi connectivity index (χ1n) is 13.2. The van der Waals surface area contributed by atoms with Gasteiger partial charge in [0, 0.05) is 45.7 Å². The second-order valence-corrected chi connectivity index (χ2v) is 10.8. The second kappa shape index (κ2) is 10.2. The van der Waals surface area contributed by atoms with Crippen molar-refractivity contribution < 1.29 is 19.4 Å². The number of benzene rings is 1. The van der Waals surface area contributed by atoms with E-state index in [1.807, 2.05) is 11.9 Å². The summed E-state index contributed by atoms with van der Waals surface area (Å²) >= 11 is 0. The van der Waals surface area contributed by atoms with E-state index in [4.69, 9.17) is 9.47 Å². The average molecular weight is 541 g/mol. The van der Waals surface area contributed by atoms with Crippen molar-refractivity contribution in [1.29, 1.82) is 0 Å². The second-order valence-electron chi connectivity index (χ2n) is 10.8. The summed E-state index contributed by atoms with van der Waals surface area (Å²) in [6.45, 7) is 4.24. The van der Waals surface area contributed by atoms with E-state index in [0.717, 1.165) is 16.9 Å². The van der Waals surface area contributed by atoms with E-state index in [-0.39, 0.29) is 23.7 Å². The lowest BCUT2D eigenvalue weighted by atomic mass is 9.75. The van der Waals surface area contributed by atoms with Gasteiger partial charge in [0.25, 0.3) is 11.5 Å². The van der Waals surface area contributed by atoms with Crippen LogP contribution in [0.15, 0.2) is 40.2 Å². The molecule has 2 fully saturated rings. The first-order valence-corrected chi connectivity index (χ1v) is 13.2. The number of carbonyl (C=O) groups is 1. The predicted molar refractivity (Wildman–Crippen MR) is 144 cm³/mol. The smallest absolute Gasteiger partial charge is 0.332 e. The molecule has 0 radical (unpaired) electrons. The van der Waals surface area contributed by atoms with Crippen LogP contribution in [0, 0.1) is 0 Å². The number of hydrogen-bond donors (Lipinski definition) is 2. The van der Waals surface area contributed by atoms with Gasteiger partial charge in [0.2, 0.25) is 0 Å². The minimum atomic E-state index is -1.21. The van der Waals surface area contributed by atoms with E-state index >= 15 is 0 Å². The Balaban J connectivity index is 1.27. The minimum absolute atomic E-state index is 0.0431. The maximum absolute atomic E-state index is 13.1. The molecule has 2 aliphatic rings. The quantitative estimate of drug-likeness (QED) is 0.430. The Kier molecular flexibility index (Phi) is 7.12. The van der Waals surface area contributed by atoms with Crippen molar-refractivity contribution in [3.05, 3.63) is 57.0 Å². The van der Waals surface area contributed by atoms with Crippen molar-refractivity contribution in [3.8, 4) is 5.75 Å². The number of amides is 1. The molecule has 0 bridgehead atoms. The van der Waals surface area contributed by atoms with Gasteiger partial charge in [-0.3, -0.25) is 18.7 Å². The molecule has 12 heteroatoms. The fraction of sp³-hybridized carbons (Fsp3) is 0.556. The molecule has 0 saturated carbocycles.